The molecule has 4 rings (SSSR count). The van der Waals surface area contributed by atoms with E-state index < -0.39 is 0 Å². The highest BCUT2D eigenvalue weighted by molar-refractivity contribution is 6.32. The molecule has 1 aromatic heterocycles. The van der Waals surface area contributed by atoms with E-state index >= 15 is 0 Å². The summed E-state index contributed by atoms with van der Waals surface area (Å²) in [7, 11) is 1.57. The number of fused-ring (bicyclic) bond motifs is 1. The minimum absolute atomic E-state index is 0.335. The Kier molecular flexibility index (Phi) is 4.60. The van der Waals surface area contributed by atoms with Crippen LogP contribution >= 0.6 is 11.6 Å². The molecule has 0 saturated carbocycles. The molecule has 27 heavy (non-hydrogen) atoms. The minimum atomic E-state index is -0.335. The monoisotopic (exact) mass is 380 g/mol. The summed E-state index contributed by atoms with van der Waals surface area (Å²) in [5.41, 5.74) is 3.41. The van der Waals surface area contributed by atoms with E-state index in [4.69, 9.17) is 20.8 Å². The molecule has 0 unspecified atom stereocenters. The van der Waals surface area contributed by atoms with Gasteiger partial charge < -0.3 is 9.15 Å². The van der Waals surface area contributed by atoms with Crippen LogP contribution in [0, 0.1) is 5.82 Å². The quantitative estimate of drug-likeness (QED) is 0.405. The first kappa shape index (κ1) is 17.2. The molecule has 4 nitrogen and oxygen atoms in total. The maximum absolute atomic E-state index is 13.4. The van der Waals surface area contributed by atoms with E-state index in [-0.39, 0.29) is 5.82 Å². The predicted molar refractivity (Wildman–Crippen MR) is 105 cm³/mol. The number of halogens is 2. The van der Waals surface area contributed by atoms with Crippen LogP contribution in [0.5, 0.6) is 5.75 Å². The van der Waals surface area contributed by atoms with Crippen LogP contribution in [0.1, 0.15) is 5.56 Å². The molecule has 6 heteroatoms. The van der Waals surface area contributed by atoms with Crippen molar-refractivity contribution in [1.82, 2.24) is 4.98 Å². The molecule has 0 amide bonds. The number of aromatic nitrogens is 1. The summed E-state index contributed by atoms with van der Waals surface area (Å²) in [5, 5.41) is 0.521. The lowest BCUT2D eigenvalue weighted by Gasteiger charge is -2.02. The molecule has 0 N–H and O–H groups in total. The van der Waals surface area contributed by atoms with Crippen LogP contribution in [0.15, 0.2) is 70.1 Å². The van der Waals surface area contributed by atoms with Gasteiger partial charge in [0.2, 0.25) is 5.89 Å². The molecule has 1 heterocycles. The molecular formula is C21H14ClFN2O2. The number of methoxy groups -OCH3 is 1. The van der Waals surface area contributed by atoms with Crippen molar-refractivity contribution in [2.24, 2.45) is 4.99 Å². The van der Waals surface area contributed by atoms with Crippen molar-refractivity contribution in [2.75, 3.05) is 7.11 Å². The Hall–Kier alpha value is -3.18. The lowest BCUT2D eigenvalue weighted by Crippen LogP contribution is -1.86. The Balaban J connectivity index is 1.62. The smallest absolute Gasteiger partial charge is 0.227 e. The number of hydrogen-bond acceptors (Lipinski definition) is 4. The summed E-state index contributed by atoms with van der Waals surface area (Å²) >= 11 is 6.13. The van der Waals surface area contributed by atoms with Crippen molar-refractivity contribution in [3.05, 3.63) is 77.1 Å². The third kappa shape index (κ3) is 3.68. The number of hydrogen-bond donors (Lipinski definition) is 0. The summed E-state index contributed by atoms with van der Waals surface area (Å²) in [6.07, 6.45) is 1.71. The normalized spacial score (nSPS) is 11.4. The standard InChI is InChI=1S/C21H14ClFN2O2/c1-26-19-7-5-13(9-17(19)22)12-24-16-6-8-20-18(11-16)25-21(27-20)14-3-2-4-15(23)10-14/h2-12H,1H3. The first-order chi connectivity index (χ1) is 13.1. The van der Waals surface area contributed by atoms with Crippen molar-refractivity contribution in [2.45, 2.75) is 0 Å². The zero-order valence-electron chi connectivity index (χ0n) is 14.3. The van der Waals surface area contributed by atoms with E-state index in [9.17, 15) is 4.39 Å². The fourth-order valence-corrected chi connectivity index (χ4v) is 2.92. The van der Waals surface area contributed by atoms with Crippen molar-refractivity contribution in [3.63, 3.8) is 0 Å². The first-order valence-corrected chi connectivity index (χ1v) is 8.54. The SMILES string of the molecule is COc1ccc(C=Nc2ccc3oc(-c4cccc(F)c4)nc3c2)cc1Cl. The molecule has 0 radical (unpaired) electrons. The number of ether oxygens (including phenoxy) is 1. The van der Waals surface area contributed by atoms with Crippen LogP contribution in [0.25, 0.3) is 22.6 Å². The van der Waals surface area contributed by atoms with Crippen LogP contribution in [0.3, 0.4) is 0 Å². The Morgan fingerprint density at radius 3 is 2.78 bits per heavy atom. The van der Waals surface area contributed by atoms with Crippen LogP contribution in [-0.4, -0.2) is 18.3 Å². The highest BCUT2D eigenvalue weighted by atomic mass is 35.5. The van der Waals surface area contributed by atoms with E-state index in [1.165, 1.54) is 12.1 Å². The Labute approximate surface area is 159 Å². The molecule has 0 spiro atoms. The van der Waals surface area contributed by atoms with Gasteiger partial charge in [-0.05, 0) is 60.2 Å². The van der Waals surface area contributed by atoms with Gasteiger partial charge in [0.15, 0.2) is 5.58 Å². The second kappa shape index (κ2) is 7.21. The van der Waals surface area contributed by atoms with E-state index in [1.807, 2.05) is 18.2 Å². The Bertz CT molecular complexity index is 1150. The molecule has 0 bridgehead atoms. The lowest BCUT2D eigenvalue weighted by atomic mass is 10.2. The Morgan fingerprint density at radius 2 is 2.00 bits per heavy atom. The number of aliphatic imine (C=N–C) groups is 1. The average Bonchev–Trinajstić information content (AvgIpc) is 3.10. The molecule has 0 aliphatic carbocycles. The predicted octanol–water partition coefficient (Wildman–Crippen LogP) is 6.05. The van der Waals surface area contributed by atoms with Crippen LogP contribution in [-0.2, 0) is 0 Å². The van der Waals surface area contributed by atoms with Crippen LogP contribution < -0.4 is 4.74 Å². The van der Waals surface area contributed by atoms with Gasteiger partial charge in [0.1, 0.15) is 17.1 Å². The molecule has 0 aliphatic heterocycles. The molecule has 0 atom stereocenters. The molecule has 0 fully saturated rings. The van der Waals surface area contributed by atoms with Gasteiger partial charge in [0, 0.05) is 11.8 Å². The molecule has 0 saturated heterocycles. The van der Waals surface area contributed by atoms with Gasteiger partial charge in [-0.15, -0.1) is 0 Å². The van der Waals surface area contributed by atoms with Crippen LogP contribution in [0.2, 0.25) is 5.02 Å². The van der Waals surface area contributed by atoms with Crippen LogP contribution in [0.4, 0.5) is 10.1 Å². The van der Waals surface area contributed by atoms with E-state index in [2.05, 4.69) is 9.98 Å². The fraction of sp³-hybridized carbons (Fsp3) is 0.0476. The third-order valence-electron chi connectivity index (χ3n) is 3.98. The number of oxazole rings is 1. The number of nitrogens with zero attached hydrogens (tertiary/aromatic N) is 2. The topological polar surface area (TPSA) is 47.6 Å². The van der Waals surface area contributed by atoms with Crippen molar-refractivity contribution in [1.29, 1.82) is 0 Å². The third-order valence-corrected chi connectivity index (χ3v) is 4.28. The van der Waals surface area contributed by atoms with E-state index in [1.54, 1.807) is 43.7 Å². The van der Waals surface area contributed by atoms with Gasteiger partial charge in [-0.2, -0.15) is 0 Å². The zero-order valence-corrected chi connectivity index (χ0v) is 15.1. The van der Waals surface area contributed by atoms with E-state index in [0.29, 0.717) is 39.0 Å². The molecule has 4 aromatic rings. The highest BCUT2D eigenvalue weighted by Gasteiger charge is 2.09. The second-order valence-electron chi connectivity index (χ2n) is 5.83. The number of benzene rings is 3. The van der Waals surface area contributed by atoms with Gasteiger partial charge in [-0.3, -0.25) is 4.99 Å². The molecule has 3 aromatic carbocycles. The number of rotatable bonds is 4. The second-order valence-corrected chi connectivity index (χ2v) is 6.24. The maximum atomic E-state index is 13.4. The first-order valence-electron chi connectivity index (χ1n) is 8.16. The Morgan fingerprint density at radius 1 is 1.11 bits per heavy atom. The lowest BCUT2D eigenvalue weighted by molar-refractivity contribution is 0.415. The fourth-order valence-electron chi connectivity index (χ4n) is 2.65. The molecular weight excluding hydrogens is 367 g/mol. The van der Waals surface area contributed by atoms with Gasteiger partial charge in [-0.1, -0.05) is 17.7 Å². The van der Waals surface area contributed by atoms with Crippen molar-refractivity contribution >= 4 is 34.6 Å². The minimum Gasteiger partial charge on any atom is -0.495 e. The zero-order chi connectivity index (χ0) is 18.8. The van der Waals surface area contributed by atoms with E-state index in [0.717, 1.165) is 5.56 Å². The molecule has 0 aliphatic rings. The summed E-state index contributed by atoms with van der Waals surface area (Å²) in [4.78, 5) is 8.88. The summed E-state index contributed by atoms with van der Waals surface area (Å²) in [5.74, 6) is 0.647. The maximum Gasteiger partial charge on any atom is 0.227 e. The molecule has 134 valence electrons. The largest absolute Gasteiger partial charge is 0.495 e. The van der Waals surface area contributed by atoms with Gasteiger partial charge in [0.25, 0.3) is 0 Å². The average molecular weight is 381 g/mol. The summed E-state index contributed by atoms with van der Waals surface area (Å²) in [6.45, 7) is 0. The van der Waals surface area contributed by atoms with Crippen molar-refractivity contribution < 1.29 is 13.5 Å². The highest BCUT2D eigenvalue weighted by Crippen LogP contribution is 2.28. The van der Waals surface area contributed by atoms with Gasteiger partial charge in [-0.25, -0.2) is 9.37 Å². The van der Waals surface area contributed by atoms with Crippen molar-refractivity contribution in [3.8, 4) is 17.2 Å². The van der Waals surface area contributed by atoms with Gasteiger partial charge >= 0.3 is 0 Å². The summed E-state index contributed by atoms with van der Waals surface area (Å²) in [6, 6.07) is 17.0. The summed E-state index contributed by atoms with van der Waals surface area (Å²) < 4.78 is 24.2. The van der Waals surface area contributed by atoms with Gasteiger partial charge in [0.05, 0.1) is 17.8 Å².